The molecule has 4 atom stereocenters. The van der Waals surface area contributed by atoms with Gasteiger partial charge in [-0.15, -0.1) is 0 Å². The van der Waals surface area contributed by atoms with Gasteiger partial charge in [0.1, 0.15) is 6.10 Å². The van der Waals surface area contributed by atoms with Crippen LogP contribution in [0.25, 0.3) is 0 Å². The van der Waals surface area contributed by atoms with E-state index in [0.717, 1.165) is 6.42 Å². The molecule has 0 unspecified atom stereocenters. The third kappa shape index (κ3) is 2.12. The quantitative estimate of drug-likeness (QED) is 0.785. The van der Waals surface area contributed by atoms with Gasteiger partial charge in [0.05, 0.1) is 24.9 Å². The lowest BCUT2D eigenvalue weighted by Gasteiger charge is -2.23. The molecule has 3 rings (SSSR count). The summed E-state index contributed by atoms with van der Waals surface area (Å²) < 4.78 is 11.1. The Morgan fingerprint density at radius 1 is 1.25 bits per heavy atom. The predicted molar refractivity (Wildman–Crippen MR) is 58.9 cm³/mol. The van der Waals surface area contributed by atoms with Crippen LogP contribution in [0.3, 0.4) is 0 Å². The molecule has 86 valence electrons. The molecule has 16 heavy (non-hydrogen) atoms. The van der Waals surface area contributed by atoms with Crippen LogP contribution in [-0.4, -0.2) is 29.5 Å². The van der Waals surface area contributed by atoms with Crippen molar-refractivity contribution in [3.05, 3.63) is 35.9 Å². The first-order chi connectivity index (χ1) is 7.83. The normalized spacial score (nSPS) is 36.8. The third-order valence-electron chi connectivity index (χ3n) is 3.33. The van der Waals surface area contributed by atoms with E-state index in [-0.39, 0.29) is 24.4 Å². The van der Waals surface area contributed by atoms with Gasteiger partial charge in [-0.3, -0.25) is 0 Å². The maximum atomic E-state index is 9.68. The van der Waals surface area contributed by atoms with Gasteiger partial charge in [-0.25, -0.2) is 0 Å². The summed E-state index contributed by atoms with van der Waals surface area (Å²) in [7, 11) is 0. The molecule has 1 saturated heterocycles. The van der Waals surface area contributed by atoms with Gasteiger partial charge in [-0.1, -0.05) is 30.3 Å². The van der Waals surface area contributed by atoms with Crippen LogP contribution in [0.15, 0.2) is 30.3 Å². The largest absolute Gasteiger partial charge is 0.390 e. The zero-order chi connectivity index (χ0) is 11.0. The minimum absolute atomic E-state index is 0.0941. The molecule has 1 aliphatic carbocycles. The second-order valence-electron chi connectivity index (χ2n) is 4.60. The molecule has 3 heteroatoms. The number of ether oxygens (including phenoxy) is 2. The molecule has 0 spiro atoms. The van der Waals surface area contributed by atoms with Crippen molar-refractivity contribution in [2.45, 2.75) is 43.9 Å². The molecular formula is C13H16O3. The van der Waals surface area contributed by atoms with Crippen LogP contribution in [0.5, 0.6) is 0 Å². The third-order valence-corrected chi connectivity index (χ3v) is 3.33. The molecule has 2 aliphatic rings. The van der Waals surface area contributed by atoms with Crippen molar-refractivity contribution in [3.8, 4) is 0 Å². The molecule has 0 amide bonds. The van der Waals surface area contributed by atoms with E-state index in [1.807, 2.05) is 18.2 Å². The van der Waals surface area contributed by atoms with Crippen LogP contribution in [0.2, 0.25) is 0 Å². The fraction of sp³-hybridized carbons (Fsp3) is 0.538. The molecule has 0 aromatic heterocycles. The number of aliphatic hydroxyl groups is 1. The standard InChI is InChI=1S/C13H16O3/c14-11-6-10(7-12-13(11)16-12)15-8-9-4-2-1-3-5-9/h1-5,10-14H,6-8H2/t10-,11-,12+,13-/m1/s1. The van der Waals surface area contributed by atoms with Crippen molar-refractivity contribution in [1.82, 2.24) is 0 Å². The Balaban J connectivity index is 1.52. The molecule has 3 nitrogen and oxygen atoms in total. The van der Waals surface area contributed by atoms with E-state index in [4.69, 9.17) is 9.47 Å². The molecule has 1 saturated carbocycles. The Labute approximate surface area is 95.0 Å². The van der Waals surface area contributed by atoms with Crippen LogP contribution in [-0.2, 0) is 16.1 Å². The van der Waals surface area contributed by atoms with Crippen molar-refractivity contribution in [3.63, 3.8) is 0 Å². The Morgan fingerprint density at radius 3 is 2.81 bits per heavy atom. The van der Waals surface area contributed by atoms with Gasteiger partial charge < -0.3 is 14.6 Å². The molecule has 0 bridgehead atoms. The maximum Gasteiger partial charge on any atom is 0.110 e. The summed E-state index contributed by atoms with van der Waals surface area (Å²) in [5.74, 6) is 0. The fourth-order valence-electron chi connectivity index (χ4n) is 2.37. The van der Waals surface area contributed by atoms with Gasteiger partial charge in [-0.05, 0) is 5.56 Å². The van der Waals surface area contributed by atoms with Crippen LogP contribution < -0.4 is 0 Å². The van der Waals surface area contributed by atoms with E-state index in [1.54, 1.807) is 0 Å². The SMILES string of the molecule is O[C@@H]1C[C@@H](OCc2ccccc2)C[C@@H]2O[C@H]12. The average Bonchev–Trinajstić information content (AvgIpc) is 3.08. The Bertz CT molecular complexity index is 351. The lowest BCUT2D eigenvalue weighted by molar-refractivity contribution is -0.0129. The zero-order valence-corrected chi connectivity index (χ0v) is 9.08. The van der Waals surface area contributed by atoms with E-state index in [9.17, 15) is 5.11 Å². The Hall–Kier alpha value is -0.900. The second-order valence-corrected chi connectivity index (χ2v) is 4.60. The van der Waals surface area contributed by atoms with E-state index in [1.165, 1.54) is 5.56 Å². The lowest BCUT2D eigenvalue weighted by Crippen LogP contribution is -2.32. The highest BCUT2D eigenvalue weighted by atomic mass is 16.6. The number of epoxide rings is 1. The highest BCUT2D eigenvalue weighted by Crippen LogP contribution is 2.38. The number of rotatable bonds is 3. The number of fused-ring (bicyclic) bond motifs is 1. The van der Waals surface area contributed by atoms with Gasteiger partial charge >= 0.3 is 0 Å². The monoisotopic (exact) mass is 220 g/mol. The summed E-state index contributed by atoms with van der Waals surface area (Å²) in [6, 6.07) is 10.1. The summed E-state index contributed by atoms with van der Waals surface area (Å²) in [6.45, 7) is 0.621. The molecule has 0 radical (unpaired) electrons. The van der Waals surface area contributed by atoms with Crippen LogP contribution in [0, 0.1) is 0 Å². The van der Waals surface area contributed by atoms with E-state index in [0.29, 0.717) is 13.0 Å². The van der Waals surface area contributed by atoms with Gasteiger partial charge in [0, 0.05) is 12.8 Å². The fourth-order valence-corrected chi connectivity index (χ4v) is 2.37. The Kier molecular flexibility index (Phi) is 2.67. The average molecular weight is 220 g/mol. The molecule has 1 N–H and O–H groups in total. The Morgan fingerprint density at radius 2 is 2.06 bits per heavy atom. The first kappa shape index (κ1) is 10.3. The number of hydrogen-bond donors (Lipinski definition) is 1. The first-order valence-electron chi connectivity index (χ1n) is 5.82. The molecular weight excluding hydrogens is 204 g/mol. The van der Waals surface area contributed by atoms with E-state index in [2.05, 4.69) is 12.1 Å². The molecule has 2 fully saturated rings. The highest BCUT2D eigenvalue weighted by molar-refractivity contribution is 5.13. The summed E-state index contributed by atoms with van der Waals surface area (Å²) in [4.78, 5) is 0. The minimum atomic E-state index is -0.334. The smallest absolute Gasteiger partial charge is 0.110 e. The summed E-state index contributed by atoms with van der Waals surface area (Å²) in [6.07, 6.45) is 1.77. The minimum Gasteiger partial charge on any atom is -0.390 e. The van der Waals surface area contributed by atoms with Crippen molar-refractivity contribution in [2.75, 3.05) is 0 Å². The molecule has 1 heterocycles. The number of aliphatic hydroxyl groups excluding tert-OH is 1. The van der Waals surface area contributed by atoms with Gasteiger partial charge in [0.2, 0.25) is 0 Å². The summed E-state index contributed by atoms with van der Waals surface area (Å²) in [5, 5.41) is 9.68. The van der Waals surface area contributed by atoms with E-state index < -0.39 is 0 Å². The van der Waals surface area contributed by atoms with Crippen molar-refractivity contribution < 1.29 is 14.6 Å². The van der Waals surface area contributed by atoms with Crippen LogP contribution >= 0.6 is 0 Å². The number of hydrogen-bond acceptors (Lipinski definition) is 3. The second kappa shape index (κ2) is 4.17. The highest BCUT2D eigenvalue weighted by Gasteiger charge is 2.50. The number of benzene rings is 1. The van der Waals surface area contributed by atoms with Crippen molar-refractivity contribution in [2.24, 2.45) is 0 Å². The zero-order valence-electron chi connectivity index (χ0n) is 9.08. The first-order valence-corrected chi connectivity index (χ1v) is 5.82. The van der Waals surface area contributed by atoms with Crippen LogP contribution in [0.1, 0.15) is 18.4 Å². The lowest BCUT2D eigenvalue weighted by atomic mass is 9.95. The summed E-state index contributed by atoms with van der Waals surface area (Å²) in [5.41, 5.74) is 1.18. The summed E-state index contributed by atoms with van der Waals surface area (Å²) >= 11 is 0. The van der Waals surface area contributed by atoms with Crippen molar-refractivity contribution in [1.29, 1.82) is 0 Å². The van der Waals surface area contributed by atoms with Gasteiger partial charge in [0.15, 0.2) is 0 Å². The molecule has 1 aliphatic heterocycles. The van der Waals surface area contributed by atoms with Gasteiger partial charge in [0.25, 0.3) is 0 Å². The molecule has 1 aromatic rings. The molecule has 1 aromatic carbocycles. The topological polar surface area (TPSA) is 42.0 Å². The van der Waals surface area contributed by atoms with Crippen molar-refractivity contribution >= 4 is 0 Å². The maximum absolute atomic E-state index is 9.68. The van der Waals surface area contributed by atoms with Gasteiger partial charge in [-0.2, -0.15) is 0 Å². The predicted octanol–water partition coefficient (Wildman–Crippen LogP) is 1.49. The van der Waals surface area contributed by atoms with Crippen LogP contribution in [0.4, 0.5) is 0 Å². The van der Waals surface area contributed by atoms with E-state index >= 15 is 0 Å².